The molecular weight excluding hydrogens is 477 g/mol. The molecule has 0 aliphatic carbocycles. The van der Waals surface area contributed by atoms with Gasteiger partial charge in [0.15, 0.2) is 0 Å². The second-order valence-corrected chi connectivity index (χ2v) is 8.69. The van der Waals surface area contributed by atoms with Crippen LogP contribution in [0.3, 0.4) is 0 Å². The molecule has 0 spiro atoms. The average molecular weight is 492 g/mol. The van der Waals surface area contributed by atoms with Crippen LogP contribution in [-0.2, 0) is 10.1 Å². The number of amides is 1. The van der Waals surface area contributed by atoms with Gasteiger partial charge in [0.1, 0.15) is 11.4 Å². The summed E-state index contributed by atoms with van der Waals surface area (Å²) in [4.78, 5) is 19.9. The summed E-state index contributed by atoms with van der Waals surface area (Å²) in [6.07, 6.45) is 1.59. The Morgan fingerprint density at radius 2 is 1.85 bits per heavy atom. The van der Waals surface area contributed by atoms with Crippen LogP contribution in [0.4, 0.5) is 18.9 Å². The van der Waals surface area contributed by atoms with E-state index in [1.807, 2.05) is 19.1 Å². The van der Waals surface area contributed by atoms with Gasteiger partial charge in [0.2, 0.25) is 5.88 Å². The van der Waals surface area contributed by atoms with E-state index < -0.39 is 27.4 Å². The Labute approximate surface area is 189 Å². The van der Waals surface area contributed by atoms with E-state index in [9.17, 15) is 26.4 Å². The zero-order valence-electron chi connectivity index (χ0n) is 17.2. The highest BCUT2D eigenvalue weighted by molar-refractivity contribution is 7.87. The van der Waals surface area contributed by atoms with Crippen molar-refractivity contribution in [1.82, 2.24) is 20.2 Å². The number of anilines is 1. The lowest BCUT2D eigenvalue weighted by molar-refractivity contribution is -0.0501. The number of hydrogen-bond donors (Lipinski definition) is 3. The standard InChI is InChI=1S/C20H15F3N6O4S/c1-9-2-4-13-11(8-26-29-13)17(9)10-6-14(27-15(7-10)19(25)30)18-12(24)3-5-16(28-18)33-34(31,32)20(21,22)23/h2-8H,24H2,1H3,(H2,25,30)(H,26,29). The van der Waals surface area contributed by atoms with Crippen LogP contribution < -0.4 is 15.7 Å². The summed E-state index contributed by atoms with van der Waals surface area (Å²) >= 11 is 0. The van der Waals surface area contributed by atoms with Gasteiger partial charge in [-0.15, -0.1) is 0 Å². The smallest absolute Gasteiger partial charge is 0.397 e. The van der Waals surface area contributed by atoms with Crippen molar-refractivity contribution in [3.8, 4) is 28.4 Å². The molecule has 0 aliphatic heterocycles. The first-order valence-corrected chi connectivity index (χ1v) is 10.8. The molecule has 0 atom stereocenters. The maximum absolute atomic E-state index is 12.7. The van der Waals surface area contributed by atoms with Crippen molar-refractivity contribution >= 4 is 32.6 Å². The van der Waals surface area contributed by atoms with Crippen LogP contribution in [0.1, 0.15) is 16.1 Å². The van der Waals surface area contributed by atoms with Gasteiger partial charge < -0.3 is 15.7 Å². The number of nitrogens with two attached hydrogens (primary N) is 2. The van der Waals surface area contributed by atoms with Crippen molar-refractivity contribution in [1.29, 1.82) is 0 Å². The van der Waals surface area contributed by atoms with Crippen molar-refractivity contribution in [3.05, 3.63) is 53.9 Å². The predicted molar refractivity (Wildman–Crippen MR) is 116 cm³/mol. The molecule has 0 saturated heterocycles. The summed E-state index contributed by atoms with van der Waals surface area (Å²) in [7, 11) is -5.97. The molecule has 1 amide bonds. The number of benzene rings is 1. The fraction of sp³-hybridized carbons (Fsp3) is 0.100. The average Bonchev–Trinajstić information content (AvgIpc) is 3.22. The van der Waals surface area contributed by atoms with Crippen LogP contribution in [0.2, 0.25) is 0 Å². The highest BCUT2D eigenvalue weighted by atomic mass is 32.2. The fourth-order valence-corrected chi connectivity index (χ4v) is 3.71. The number of nitrogens with one attached hydrogen (secondary N) is 1. The Bertz CT molecular complexity index is 1550. The Balaban J connectivity index is 1.91. The summed E-state index contributed by atoms with van der Waals surface area (Å²) in [5.74, 6) is -1.77. The number of halogens is 3. The van der Waals surface area contributed by atoms with E-state index in [1.165, 1.54) is 12.1 Å². The number of H-pyrrole nitrogens is 1. The molecule has 14 heteroatoms. The van der Waals surface area contributed by atoms with Crippen LogP contribution in [0, 0.1) is 6.92 Å². The van der Waals surface area contributed by atoms with Crippen LogP contribution in [0.5, 0.6) is 5.88 Å². The van der Waals surface area contributed by atoms with E-state index in [4.69, 9.17) is 11.5 Å². The third-order valence-corrected chi connectivity index (χ3v) is 5.78. The molecule has 0 saturated carbocycles. The summed E-state index contributed by atoms with van der Waals surface area (Å²) in [5.41, 5.74) is 7.90. The summed E-state index contributed by atoms with van der Waals surface area (Å²) < 4.78 is 64.9. The molecule has 5 N–H and O–H groups in total. The number of fused-ring (bicyclic) bond motifs is 1. The van der Waals surface area contributed by atoms with Crippen molar-refractivity contribution in [2.75, 3.05) is 5.73 Å². The highest BCUT2D eigenvalue weighted by Gasteiger charge is 2.48. The number of hydrogen-bond acceptors (Lipinski definition) is 8. The number of nitrogens with zero attached hydrogens (tertiary/aromatic N) is 3. The van der Waals surface area contributed by atoms with Crippen molar-refractivity contribution in [2.24, 2.45) is 5.73 Å². The molecule has 0 radical (unpaired) electrons. The quantitative estimate of drug-likeness (QED) is 0.282. The van der Waals surface area contributed by atoms with E-state index >= 15 is 0 Å². The zero-order valence-corrected chi connectivity index (χ0v) is 18.0. The van der Waals surface area contributed by atoms with Gasteiger partial charge >= 0.3 is 15.6 Å². The van der Waals surface area contributed by atoms with Gasteiger partial charge in [-0.3, -0.25) is 9.89 Å². The fourth-order valence-electron chi connectivity index (χ4n) is 3.30. The molecule has 1 aromatic carbocycles. The van der Waals surface area contributed by atoms with Gasteiger partial charge in [0, 0.05) is 11.5 Å². The lowest BCUT2D eigenvalue weighted by atomic mass is 9.96. The molecule has 3 aromatic heterocycles. The Kier molecular flexibility index (Phi) is 5.39. The maximum atomic E-state index is 12.7. The van der Waals surface area contributed by atoms with Gasteiger partial charge in [-0.25, -0.2) is 9.97 Å². The van der Waals surface area contributed by atoms with E-state index in [2.05, 4.69) is 24.3 Å². The minimum atomic E-state index is -5.97. The summed E-state index contributed by atoms with van der Waals surface area (Å²) in [6.45, 7) is 1.83. The molecule has 10 nitrogen and oxygen atoms in total. The molecule has 0 unspecified atom stereocenters. The minimum Gasteiger partial charge on any atom is -0.397 e. The normalized spacial score (nSPS) is 12.1. The number of carbonyl (C=O) groups is 1. The number of aryl methyl sites for hydroxylation is 1. The van der Waals surface area contributed by atoms with E-state index in [-0.39, 0.29) is 22.8 Å². The Morgan fingerprint density at radius 1 is 1.12 bits per heavy atom. The number of alkyl halides is 3. The van der Waals surface area contributed by atoms with Gasteiger partial charge in [-0.05, 0) is 47.9 Å². The second kappa shape index (κ2) is 7.98. The number of aromatic nitrogens is 4. The van der Waals surface area contributed by atoms with Gasteiger partial charge in [0.05, 0.1) is 23.1 Å². The van der Waals surface area contributed by atoms with Crippen LogP contribution >= 0.6 is 0 Å². The molecule has 176 valence electrons. The Morgan fingerprint density at radius 3 is 2.53 bits per heavy atom. The molecule has 0 bridgehead atoms. The number of carbonyl (C=O) groups excluding carboxylic acids is 1. The largest absolute Gasteiger partial charge is 0.534 e. The lowest BCUT2D eigenvalue weighted by Gasteiger charge is -2.13. The zero-order chi connectivity index (χ0) is 24.8. The summed E-state index contributed by atoms with van der Waals surface area (Å²) in [5, 5.41) is 7.58. The highest BCUT2D eigenvalue weighted by Crippen LogP contribution is 2.35. The number of primary amides is 1. The lowest BCUT2D eigenvalue weighted by Crippen LogP contribution is -2.28. The topological polar surface area (TPSA) is 167 Å². The maximum Gasteiger partial charge on any atom is 0.534 e. The summed E-state index contributed by atoms with van der Waals surface area (Å²) in [6, 6.07) is 8.52. The van der Waals surface area contributed by atoms with Gasteiger partial charge in [-0.2, -0.15) is 26.7 Å². The third-order valence-electron chi connectivity index (χ3n) is 4.82. The van der Waals surface area contributed by atoms with Crippen molar-refractivity contribution in [2.45, 2.75) is 12.4 Å². The van der Waals surface area contributed by atoms with E-state index in [0.717, 1.165) is 23.1 Å². The first-order valence-electron chi connectivity index (χ1n) is 9.40. The molecule has 3 heterocycles. The third kappa shape index (κ3) is 4.10. The monoisotopic (exact) mass is 492 g/mol. The molecule has 4 aromatic rings. The van der Waals surface area contributed by atoms with Crippen molar-refractivity contribution < 1.29 is 30.6 Å². The molecule has 0 aliphatic rings. The van der Waals surface area contributed by atoms with Crippen LogP contribution in [0.15, 0.2) is 42.6 Å². The predicted octanol–water partition coefficient (Wildman–Crippen LogP) is 2.90. The molecule has 0 fully saturated rings. The Hall–Kier alpha value is -4.20. The molecule has 4 rings (SSSR count). The first-order chi connectivity index (χ1) is 15.9. The van der Waals surface area contributed by atoms with Gasteiger partial charge in [-0.1, -0.05) is 6.07 Å². The first kappa shape index (κ1) is 23.0. The second-order valence-electron chi connectivity index (χ2n) is 7.15. The number of aromatic amines is 1. The van der Waals surface area contributed by atoms with Crippen LogP contribution in [0.25, 0.3) is 33.4 Å². The van der Waals surface area contributed by atoms with E-state index in [1.54, 1.807) is 6.20 Å². The van der Waals surface area contributed by atoms with E-state index in [0.29, 0.717) is 16.6 Å². The van der Waals surface area contributed by atoms with Gasteiger partial charge in [0.25, 0.3) is 5.91 Å². The van der Waals surface area contributed by atoms with Crippen molar-refractivity contribution in [3.63, 3.8) is 0 Å². The van der Waals surface area contributed by atoms with Crippen LogP contribution in [-0.4, -0.2) is 40.0 Å². The SMILES string of the molecule is Cc1ccc2[nH]ncc2c1-c1cc(C(N)=O)nc(-c2nc(OS(=O)(=O)C(F)(F)F)ccc2N)c1. The number of rotatable bonds is 5. The molecule has 34 heavy (non-hydrogen) atoms. The molecular formula is C20H15F3N6O4S. The number of nitrogen functional groups attached to an aromatic ring is 1. The minimum absolute atomic E-state index is 0.0430. The number of pyridine rings is 2.